The van der Waals surface area contributed by atoms with E-state index < -0.39 is 0 Å². The predicted octanol–water partition coefficient (Wildman–Crippen LogP) is 4.76. The van der Waals surface area contributed by atoms with E-state index in [-0.39, 0.29) is 5.82 Å². The third kappa shape index (κ3) is 3.28. The fourth-order valence-electron chi connectivity index (χ4n) is 2.50. The monoisotopic (exact) mass is 333 g/mol. The topological polar surface area (TPSA) is 12.0 Å². The first-order valence-electron chi connectivity index (χ1n) is 6.96. The number of rotatable bonds is 5. The number of nitrogens with one attached hydrogen (secondary N) is 1. The van der Waals surface area contributed by atoms with Gasteiger partial charge in [-0.15, -0.1) is 0 Å². The van der Waals surface area contributed by atoms with Crippen LogP contribution in [0.1, 0.15) is 35.4 Å². The Morgan fingerprint density at radius 1 is 1.05 bits per heavy atom. The van der Waals surface area contributed by atoms with Gasteiger partial charge in [0.05, 0.1) is 0 Å². The molecule has 0 unspecified atom stereocenters. The quantitative estimate of drug-likeness (QED) is 0.832. The average Bonchev–Trinajstić information content (AvgIpc) is 3.28. The molecule has 0 radical (unpaired) electrons. The van der Waals surface area contributed by atoms with E-state index in [2.05, 4.69) is 45.5 Å². The standard InChI is InChI=1S/C17H17BrFN/c18-17-8-7-15(19)9-14(17)11-20-10-13-3-1-2-4-16(13)12-5-6-12/h1-4,7-9,12,20H,5-6,10-11H2. The van der Waals surface area contributed by atoms with Crippen LogP contribution in [0.3, 0.4) is 0 Å². The molecule has 0 saturated heterocycles. The maximum Gasteiger partial charge on any atom is 0.123 e. The Labute approximate surface area is 127 Å². The minimum atomic E-state index is -0.191. The van der Waals surface area contributed by atoms with Gasteiger partial charge in [-0.25, -0.2) is 4.39 Å². The zero-order chi connectivity index (χ0) is 13.9. The third-order valence-electron chi connectivity index (χ3n) is 3.71. The van der Waals surface area contributed by atoms with Crippen LogP contribution in [0.25, 0.3) is 0 Å². The summed E-state index contributed by atoms with van der Waals surface area (Å²) in [4.78, 5) is 0. The average molecular weight is 334 g/mol. The summed E-state index contributed by atoms with van der Waals surface area (Å²) in [5.74, 6) is 0.567. The third-order valence-corrected chi connectivity index (χ3v) is 4.48. The molecule has 1 aliphatic rings. The van der Waals surface area contributed by atoms with Gasteiger partial charge in [-0.1, -0.05) is 40.2 Å². The van der Waals surface area contributed by atoms with Crippen molar-refractivity contribution in [3.63, 3.8) is 0 Å². The SMILES string of the molecule is Fc1ccc(Br)c(CNCc2ccccc2C2CC2)c1. The summed E-state index contributed by atoms with van der Waals surface area (Å²) in [6.07, 6.45) is 2.62. The lowest BCUT2D eigenvalue weighted by atomic mass is 10.0. The molecule has 1 saturated carbocycles. The van der Waals surface area contributed by atoms with Gasteiger partial charge in [-0.3, -0.25) is 0 Å². The Balaban J connectivity index is 1.64. The molecule has 3 heteroatoms. The summed E-state index contributed by atoms with van der Waals surface area (Å²) >= 11 is 3.46. The molecular weight excluding hydrogens is 317 g/mol. The van der Waals surface area contributed by atoms with Gasteiger partial charge in [0, 0.05) is 17.6 Å². The zero-order valence-electron chi connectivity index (χ0n) is 11.2. The van der Waals surface area contributed by atoms with E-state index in [4.69, 9.17) is 0 Å². The van der Waals surface area contributed by atoms with Crippen LogP contribution in [-0.2, 0) is 13.1 Å². The highest BCUT2D eigenvalue weighted by Gasteiger charge is 2.25. The predicted molar refractivity (Wildman–Crippen MR) is 83.1 cm³/mol. The fourth-order valence-corrected chi connectivity index (χ4v) is 2.89. The molecule has 0 aliphatic heterocycles. The van der Waals surface area contributed by atoms with Crippen molar-refractivity contribution in [1.29, 1.82) is 0 Å². The summed E-state index contributed by atoms with van der Waals surface area (Å²) in [5.41, 5.74) is 3.79. The van der Waals surface area contributed by atoms with E-state index in [1.807, 2.05) is 0 Å². The van der Waals surface area contributed by atoms with Crippen molar-refractivity contribution in [3.8, 4) is 0 Å². The molecule has 0 heterocycles. The molecule has 1 aliphatic carbocycles. The van der Waals surface area contributed by atoms with Crippen LogP contribution in [-0.4, -0.2) is 0 Å². The molecule has 0 bridgehead atoms. The lowest BCUT2D eigenvalue weighted by Gasteiger charge is -2.11. The molecule has 104 valence electrons. The molecule has 0 amide bonds. The highest BCUT2D eigenvalue weighted by Crippen LogP contribution is 2.41. The molecule has 2 aromatic carbocycles. The fraction of sp³-hybridized carbons (Fsp3) is 0.294. The molecule has 1 nitrogen and oxygen atoms in total. The van der Waals surface area contributed by atoms with Crippen molar-refractivity contribution in [2.75, 3.05) is 0 Å². The van der Waals surface area contributed by atoms with Gasteiger partial charge in [0.15, 0.2) is 0 Å². The normalized spacial score (nSPS) is 14.5. The van der Waals surface area contributed by atoms with Crippen LogP contribution in [0.5, 0.6) is 0 Å². The maximum absolute atomic E-state index is 13.2. The Morgan fingerprint density at radius 2 is 1.80 bits per heavy atom. The molecular formula is C17H17BrFN. The first-order chi connectivity index (χ1) is 9.74. The molecule has 0 aromatic heterocycles. The van der Waals surface area contributed by atoms with E-state index >= 15 is 0 Å². The van der Waals surface area contributed by atoms with Gasteiger partial charge in [0.2, 0.25) is 0 Å². The van der Waals surface area contributed by atoms with E-state index in [1.54, 1.807) is 12.1 Å². The molecule has 1 fully saturated rings. The van der Waals surface area contributed by atoms with Crippen molar-refractivity contribution in [2.45, 2.75) is 31.8 Å². The van der Waals surface area contributed by atoms with Crippen LogP contribution in [0, 0.1) is 5.82 Å². The molecule has 2 aromatic rings. The Hall–Kier alpha value is -1.19. The van der Waals surface area contributed by atoms with E-state index in [0.29, 0.717) is 6.54 Å². The van der Waals surface area contributed by atoms with Gasteiger partial charge in [-0.05, 0) is 53.6 Å². The van der Waals surface area contributed by atoms with Crippen molar-refractivity contribution in [3.05, 3.63) is 69.4 Å². The van der Waals surface area contributed by atoms with E-state index in [1.165, 1.54) is 30.0 Å². The molecule has 0 spiro atoms. The first-order valence-corrected chi connectivity index (χ1v) is 7.76. The lowest BCUT2D eigenvalue weighted by Crippen LogP contribution is -2.14. The van der Waals surface area contributed by atoms with Gasteiger partial charge < -0.3 is 5.32 Å². The summed E-state index contributed by atoms with van der Waals surface area (Å²) in [7, 11) is 0. The summed E-state index contributed by atoms with van der Waals surface area (Å²) in [6, 6.07) is 13.4. The number of halogens is 2. The second-order valence-electron chi connectivity index (χ2n) is 5.31. The molecule has 0 atom stereocenters. The van der Waals surface area contributed by atoms with Crippen LogP contribution < -0.4 is 5.32 Å². The minimum Gasteiger partial charge on any atom is -0.309 e. The van der Waals surface area contributed by atoms with Crippen LogP contribution in [0.15, 0.2) is 46.9 Å². The highest BCUT2D eigenvalue weighted by molar-refractivity contribution is 9.10. The van der Waals surface area contributed by atoms with E-state index in [0.717, 1.165) is 22.5 Å². The molecule has 1 N–H and O–H groups in total. The van der Waals surface area contributed by atoms with Gasteiger partial charge in [-0.2, -0.15) is 0 Å². The number of hydrogen-bond donors (Lipinski definition) is 1. The summed E-state index contributed by atoms with van der Waals surface area (Å²) in [5, 5.41) is 3.41. The smallest absolute Gasteiger partial charge is 0.123 e. The summed E-state index contributed by atoms with van der Waals surface area (Å²) in [6.45, 7) is 1.49. The second kappa shape index (κ2) is 6.06. The zero-order valence-corrected chi connectivity index (χ0v) is 12.8. The highest BCUT2D eigenvalue weighted by atomic mass is 79.9. The lowest BCUT2D eigenvalue weighted by molar-refractivity contribution is 0.619. The van der Waals surface area contributed by atoms with Gasteiger partial charge >= 0.3 is 0 Å². The Kier molecular flexibility index (Phi) is 4.18. The molecule has 3 rings (SSSR count). The maximum atomic E-state index is 13.2. The van der Waals surface area contributed by atoms with Crippen LogP contribution >= 0.6 is 15.9 Å². The van der Waals surface area contributed by atoms with Gasteiger partial charge in [0.1, 0.15) is 5.82 Å². The van der Waals surface area contributed by atoms with Crippen LogP contribution in [0.4, 0.5) is 4.39 Å². The number of hydrogen-bond acceptors (Lipinski definition) is 1. The van der Waals surface area contributed by atoms with Gasteiger partial charge in [0.25, 0.3) is 0 Å². The van der Waals surface area contributed by atoms with Crippen LogP contribution in [0.2, 0.25) is 0 Å². The second-order valence-corrected chi connectivity index (χ2v) is 6.17. The summed E-state index contributed by atoms with van der Waals surface area (Å²) < 4.78 is 14.2. The van der Waals surface area contributed by atoms with Crippen molar-refractivity contribution in [2.24, 2.45) is 0 Å². The Bertz CT molecular complexity index is 608. The van der Waals surface area contributed by atoms with E-state index in [9.17, 15) is 4.39 Å². The van der Waals surface area contributed by atoms with Crippen molar-refractivity contribution in [1.82, 2.24) is 5.32 Å². The molecule has 20 heavy (non-hydrogen) atoms. The largest absolute Gasteiger partial charge is 0.309 e. The Morgan fingerprint density at radius 3 is 2.60 bits per heavy atom. The minimum absolute atomic E-state index is 0.191. The van der Waals surface area contributed by atoms with Crippen molar-refractivity contribution < 1.29 is 4.39 Å². The number of benzene rings is 2. The first kappa shape index (κ1) is 13.8. The van der Waals surface area contributed by atoms with Crippen molar-refractivity contribution >= 4 is 15.9 Å².